The molecule has 1 unspecified atom stereocenters. The van der Waals surface area contributed by atoms with E-state index in [1.54, 1.807) is 0 Å². The van der Waals surface area contributed by atoms with Gasteiger partial charge in [0.15, 0.2) is 0 Å². The summed E-state index contributed by atoms with van der Waals surface area (Å²) in [7, 11) is 0. The van der Waals surface area contributed by atoms with Crippen molar-refractivity contribution in [1.82, 2.24) is 20.0 Å². The Morgan fingerprint density at radius 1 is 1.09 bits per heavy atom. The van der Waals surface area contributed by atoms with Gasteiger partial charge in [0.2, 0.25) is 0 Å². The summed E-state index contributed by atoms with van der Waals surface area (Å²) in [5.41, 5.74) is 3.37. The Balaban J connectivity index is 1.45. The molecule has 0 bridgehead atoms. The second-order valence-corrected chi connectivity index (χ2v) is 7.21. The number of likely N-dealkylation sites (tertiary alicyclic amines) is 1. The number of hydrogen-bond acceptors (Lipinski definition) is 3. The summed E-state index contributed by atoms with van der Waals surface area (Å²) in [5.74, 6) is 0. The van der Waals surface area contributed by atoms with E-state index in [1.165, 1.54) is 56.6 Å². The summed E-state index contributed by atoms with van der Waals surface area (Å²) in [4.78, 5) is 2.65. The first-order valence-corrected chi connectivity index (χ1v) is 8.80. The Bertz CT molecular complexity index is 629. The zero-order valence-electron chi connectivity index (χ0n) is 13.7. The van der Waals surface area contributed by atoms with Crippen molar-refractivity contribution in [3.8, 4) is 0 Å². The van der Waals surface area contributed by atoms with Crippen LogP contribution in [0, 0.1) is 5.41 Å². The molecule has 122 valence electrons. The van der Waals surface area contributed by atoms with Crippen molar-refractivity contribution in [2.75, 3.05) is 26.2 Å². The highest BCUT2D eigenvalue weighted by Crippen LogP contribution is 2.37. The lowest BCUT2D eigenvalue weighted by molar-refractivity contribution is 0.199. The highest BCUT2D eigenvalue weighted by atomic mass is 15.3. The number of rotatable bonds is 4. The summed E-state index contributed by atoms with van der Waals surface area (Å²) in [6.07, 6.45) is 7.97. The van der Waals surface area contributed by atoms with Gasteiger partial charge in [-0.2, -0.15) is 5.10 Å². The van der Waals surface area contributed by atoms with Crippen molar-refractivity contribution < 1.29 is 0 Å². The van der Waals surface area contributed by atoms with Crippen molar-refractivity contribution >= 4 is 0 Å². The molecule has 2 saturated heterocycles. The van der Waals surface area contributed by atoms with Gasteiger partial charge in [-0.1, -0.05) is 24.3 Å². The van der Waals surface area contributed by atoms with Crippen molar-refractivity contribution in [1.29, 1.82) is 0 Å². The number of piperidine rings is 1. The van der Waals surface area contributed by atoms with E-state index in [1.807, 2.05) is 23.1 Å². The fraction of sp³-hybridized carbons (Fsp3) is 0.526. The van der Waals surface area contributed by atoms with Crippen LogP contribution in [0.15, 0.2) is 42.7 Å². The molecule has 2 aliphatic heterocycles. The number of nitrogens with one attached hydrogen (secondary N) is 1. The van der Waals surface area contributed by atoms with Gasteiger partial charge in [0.25, 0.3) is 0 Å². The van der Waals surface area contributed by atoms with E-state index in [0.29, 0.717) is 5.41 Å². The Kier molecular flexibility index (Phi) is 4.19. The summed E-state index contributed by atoms with van der Waals surface area (Å²) in [6, 6.07) is 10.8. The third-order valence-electron chi connectivity index (χ3n) is 5.48. The highest BCUT2D eigenvalue weighted by Gasteiger charge is 2.38. The number of benzene rings is 1. The molecule has 3 heterocycles. The SMILES string of the molecule is c1ccc(Cn2cccn2)c(CN2CCC3(CCCNC3)C2)c1. The average molecular weight is 310 g/mol. The van der Waals surface area contributed by atoms with Gasteiger partial charge in [-0.3, -0.25) is 9.58 Å². The normalized spacial score (nSPS) is 25.2. The first-order valence-electron chi connectivity index (χ1n) is 8.80. The topological polar surface area (TPSA) is 33.1 Å². The zero-order valence-corrected chi connectivity index (χ0v) is 13.7. The molecule has 4 heteroatoms. The summed E-state index contributed by atoms with van der Waals surface area (Å²) in [6.45, 7) is 6.82. The van der Waals surface area contributed by atoms with Gasteiger partial charge in [0, 0.05) is 32.0 Å². The molecule has 0 radical (unpaired) electrons. The molecule has 23 heavy (non-hydrogen) atoms. The lowest BCUT2D eigenvalue weighted by atomic mass is 9.80. The van der Waals surface area contributed by atoms with Crippen LogP contribution in [-0.2, 0) is 13.1 Å². The minimum absolute atomic E-state index is 0.537. The molecule has 0 aliphatic carbocycles. The van der Waals surface area contributed by atoms with Crippen LogP contribution in [0.3, 0.4) is 0 Å². The molecular weight excluding hydrogens is 284 g/mol. The zero-order chi connectivity index (χ0) is 15.5. The molecule has 4 rings (SSSR count). The monoisotopic (exact) mass is 310 g/mol. The van der Waals surface area contributed by atoms with Crippen LogP contribution in [0.1, 0.15) is 30.4 Å². The molecule has 1 aromatic heterocycles. The van der Waals surface area contributed by atoms with Crippen molar-refractivity contribution in [3.05, 3.63) is 53.9 Å². The van der Waals surface area contributed by atoms with Crippen molar-refractivity contribution in [3.63, 3.8) is 0 Å². The second-order valence-electron chi connectivity index (χ2n) is 7.21. The first kappa shape index (κ1) is 14.9. The fourth-order valence-electron chi connectivity index (χ4n) is 4.22. The molecule has 1 atom stereocenters. The molecule has 2 aliphatic rings. The Morgan fingerprint density at radius 2 is 1.96 bits per heavy atom. The van der Waals surface area contributed by atoms with Crippen LogP contribution in [0.25, 0.3) is 0 Å². The lowest BCUT2D eigenvalue weighted by Crippen LogP contribution is -2.41. The smallest absolute Gasteiger partial charge is 0.0662 e. The molecule has 2 aromatic rings. The van der Waals surface area contributed by atoms with E-state index < -0.39 is 0 Å². The Morgan fingerprint density at radius 3 is 2.70 bits per heavy atom. The lowest BCUT2D eigenvalue weighted by Gasteiger charge is -2.34. The Hall–Kier alpha value is -1.65. The predicted molar refractivity (Wildman–Crippen MR) is 92.2 cm³/mol. The minimum Gasteiger partial charge on any atom is -0.316 e. The van der Waals surface area contributed by atoms with E-state index in [9.17, 15) is 0 Å². The molecule has 4 nitrogen and oxygen atoms in total. The molecule has 2 fully saturated rings. The highest BCUT2D eigenvalue weighted by molar-refractivity contribution is 5.27. The summed E-state index contributed by atoms with van der Waals surface area (Å²) in [5, 5.41) is 7.95. The van der Waals surface area contributed by atoms with Crippen LogP contribution in [0.2, 0.25) is 0 Å². The maximum atomic E-state index is 4.35. The third kappa shape index (κ3) is 3.33. The van der Waals surface area contributed by atoms with Gasteiger partial charge in [-0.15, -0.1) is 0 Å². The molecule has 0 saturated carbocycles. The Labute approximate surface area is 138 Å². The molecule has 0 amide bonds. The van der Waals surface area contributed by atoms with Crippen molar-refractivity contribution in [2.24, 2.45) is 5.41 Å². The minimum atomic E-state index is 0.537. The van der Waals surface area contributed by atoms with Crippen LogP contribution in [-0.4, -0.2) is 40.9 Å². The van der Waals surface area contributed by atoms with E-state index in [4.69, 9.17) is 0 Å². The fourth-order valence-corrected chi connectivity index (χ4v) is 4.22. The van der Waals surface area contributed by atoms with E-state index in [0.717, 1.165) is 13.1 Å². The number of aromatic nitrogens is 2. The number of nitrogens with zero attached hydrogens (tertiary/aromatic N) is 3. The third-order valence-corrected chi connectivity index (χ3v) is 5.48. The predicted octanol–water partition coefficient (Wildman–Crippen LogP) is 2.51. The van der Waals surface area contributed by atoms with E-state index in [2.05, 4.69) is 39.6 Å². The second kappa shape index (κ2) is 6.46. The van der Waals surface area contributed by atoms with E-state index in [-0.39, 0.29) is 0 Å². The molecular formula is C19H26N4. The average Bonchev–Trinajstić information content (AvgIpc) is 3.21. The first-order chi connectivity index (χ1) is 11.3. The maximum absolute atomic E-state index is 4.35. The quantitative estimate of drug-likeness (QED) is 0.942. The van der Waals surface area contributed by atoms with Gasteiger partial charge in [-0.05, 0) is 55.0 Å². The van der Waals surface area contributed by atoms with Crippen molar-refractivity contribution in [2.45, 2.75) is 32.4 Å². The largest absolute Gasteiger partial charge is 0.316 e. The van der Waals surface area contributed by atoms with Crippen LogP contribution >= 0.6 is 0 Å². The van der Waals surface area contributed by atoms with Crippen LogP contribution in [0.4, 0.5) is 0 Å². The van der Waals surface area contributed by atoms with Crippen LogP contribution < -0.4 is 5.32 Å². The van der Waals surface area contributed by atoms with Crippen LogP contribution in [0.5, 0.6) is 0 Å². The number of hydrogen-bond donors (Lipinski definition) is 1. The maximum Gasteiger partial charge on any atom is 0.0662 e. The summed E-state index contributed by atoms with van der Waals surface area (Å²) < 4.78 is 2.01. The van der Waals surface area contributed by atoms with Gasteiger partial charge < -0.3 is 5.32 Å². The van der Waals surface area contributed by atoms with Gasteiger partial charge in [-0.25, -0.2) is 0 Å². The molecule has 1 N–H and O–H groups in total. The molecule has 1 aromatic carbocycles. The molecule has 1 spiro atoms. The van der Waals surface area contributed by atoms with Gasteiger partial charge in [0.05, 0.1) is 6.54 Å². The van der Waals surface area contributed by atoms with Gasteiger partial charge >= 0.3 is 0 Å². The van der Waals surface area contributed by atoms with Gasteiger partial charge in [0.1, 0.15) is 0 Å². The summed E-state index contributed by atoms with van der Waals surface area (Å²) >= 11 is 0. The van der Waals surface area contributed by atoms with E-state index >= 15 is 0 Å². The standard InChI is InChI=1S/C19H26N4/c1-2-6-18(14-23-11-4-10-21-23)17(5-1)13-22-12-8-19(16-22)7-3-9-20-15-19/h1-2,4-6,10-11,20H,3,7-9,12-16H2.